The van der Waals surface area contributed by atoms with Gasteiger partial charge in [-0.05, 0) is 23.3 Å². The van der Waals surface area contributed by atoms with Crippen LogP contribution in [0.2, 0.25) is 0 Å². The number of carbonyl (C=O) groups is 1. The predicted molar refractivity (Wildman–Crippen MR) is 106 cm³/mol. The van der Waals surface area contributed by atoms with E-state index in [0.29, 0.717) is 12.0 Å². The van der Waals surface area contributed by atoms with E-state index in [1.807, 2.05) is 30.3 Å². The molecular formula is C17H17Cl3N2O3S. The van der Waals surface area contributed by atoms with E-state index >= 15 is 0 Å². The zero-order valence-corrected chi connectivity index (χ0v) is 16.7. The summed E-state index contributed by atoms with van der Waals surface area (Å²) < 4.78 is 21.4. The van der Waals surface area contributed by atoms with Gasteiger partial charge in [-0.15, -0.1) is 0 Å². The molecule has 3 rings (SSSR count). The summed E-state index contributed by atoms with van der Waals surface area (Å²) in [4.78, 5) is 12.8. The van der Waals surface area contributed by atoms with Crippen LogP contribution >= 0.6 is 34.8 Å². The number of fused-ring (bicyclic) bond motifs is 1. The number of hydrogen-bond donors (Lipinski definition) is 2. The van der Waals surface area contributed by atoms with Crippen molar-refractivity contribution in [1.29, 1.82) is 0 Å². The third-order valence-corrected chi connectivity index (χ3v) is 6.69. The van der Waals surface area contributed by atoms with Gasteiger partial charge < -0.3 is 5.32 Å². The van der Waals surface area contributed by atoms with Crippen molar-refractivity contribution in [3.8, 4) is 0 Å². The highest BCUT2D eigenvalue weighted by Crippen LogP contribution is 2.30. The molecule has 1 amide bonds. The van der Waals surface area contributed by atoms with Gasteiger partial charge in [0.2, 0.25) is 3.79 Å². The van der Waals surface area contributed by atoms with Crippen LogP contribution in [0.1, 0.15) is 16.8 Å². The second kappa shape index (κ2) is 7.52. The molecule has 5 nitrogen and oxygen atoms in total. The maximum Gasteiger partial charge on any atom is 0.253 e. The van der Waals surface area contributed by atoms with Gasteiger partial charge in [-0.25, -0.2) is 8.42 Å². The number of benzene rings is 2. The quantitative estimate of drug-likeness (QED) is 0.572. The SMILES string of the molecule is O=C(N[C@H](N[C@H]1CCS(=O)(=O)C1)C(Cl)(Cl)Cl)c1cccc2ccccc12. The van der Waals surface area contributed by atoms with Crippen LogP contribution in [0.25, 0.3) is 10.8 Å². The van der Waals surface area contributed by atoms with E-state index in [2.05, 4.69) is 10.6 Å². The van der Waals surface area contributed by atoms with Gasteiger partial charge in [0.25, 0.3) is 5.91 Å². The summed E-state index contributed by atoms with van der Waals surface area (Å²) in [5.74, 6) is -0.380. The number of sulfone groups is 1. The first kappa shape index (κ1) is 19.7. The molecule has 1 saturated heterocycles. The average molecular weight is 436 g/mol. The third kappa shape index (κ3) is 4.61. The smallest absolute Gasteiger partial charge is 0.253 e. The summed E-state index contributed by atoms with van der Waals surface area (Å²) in [6, 6.07) is 12.5. The maximum absolute atomic E-state index is 12.8. The highest BCUT2D eigenvalue weighted by atomic mass is 35.6. The first-order chi connectivity index (χ1) is 12.2. The number of alkyl halides is 3. The lowest BCUT2D eigenvalue weighted by Crippen LogP contribution is -2.56. The molecule has 2 aromatic carbocycles. The van der Waals surface area contributed by atoms with Crippen LogP contribution in [0, 0.1) is 0 Å². The Bertz CT molecular complexity index is 923. The highest BCUT2D eigenvalue weighted by molar-refractivity contribution is 7.91. The van der Waals surface area contributed by atoms with Gasteiger partial charge in [-0.3, -0.25) is 10.1 Å². The van der Waals surface area contributed by atoms with E-state index < -0.39 is 25.7 Å². The van der Waals surface area contributed by atoms with Crippen LogP contribution in [0.4, 0.5) is 0 Å². The van der Waals surface area contributed by atoms with E-state index in [9.17, 15) is 13.2 Å². The van der Waals surface area contributed by atoms with Crippen LogP contribution < -0.4 is 10.6 Å². The van der Waals surface area contributed by atoms with Gasteiger partial charge in [0.05, 0.1) is 11.5 Å². The van der Waals surface area contributed by atoms with Gasteiger partial charge in [-0.1, -0.05) is 71.2 Å². The normalized spacial score (nSPS) is 20.8. The molecule has 1 aliphatic heterocycles. The number of carbonyl (C=O) groups excluding carboxylic acids is 1. The fourth-order valence-electron chi connectivity index (χ4n) is 3.01. The van der Waals surface area contributed by atoms with Crippen LogP contribution in [-0.2, 0) is 9.84 Å². The Hall–Kier alpha value is -1.05. The highest BCUT2D eigenvalue weighted by Gasteiger charge is 2.38. The number of halogens is 3. The summed E-state index contributed by atoms with van der Waals surface area (Å²) in [5.41, 5.74) is 0.447. The van der Waals surface area contributed by atoms with Crippen molar-refractivity contribution in [2.75, 3.05) is 11.5 Å². The van der Waals surface area contributed by atoms with E-state index in [1.165, 1.54) is 0 Å². The lowest BCUT2D eigenvalue weighted by Gasteiger charge is -2.29. The number of hydrogen-bond acceptors (Lipinski definition) is 4. The standard InChI is InChI=1S/C17H17Cl3N2O3S/c18-17(19,20)16(21-12-8-9-26(24,25)10-12)22-15(23)14-7-3-5-11-4-1-2-6-13(11)14/h1-7,12,16,21H,8-10H2,(H,22,23)/t12-,16-/m0/s1. The van der Waals surface area contributed by atoms with Gasteiger partial charge in [-0.2, -0.15) is 0 Å². The molecule has 2 aromatic rings. The van der Waals surface area contributed by atoms with Crippen molar-refractivity contribution < 1.29 is 13.2 Å². The molecule has 1 aliphatic rings. The molecule has 0 aliphatic carbocycles. The Morgan fingerprint density at radius 3 is 2.46 bits per heavy atom. The molecule has 2 atom stereocenters. The minimum Gasteiger partial charge on any atom is -0.333 e. The second-order valence-electron chi connectivity index (χ2n) is 6.24. The summed E-state index contributed by atoms with van der Waals surface area (Å²) in [7, 11) is -3.10. The molecule has 0 radical (unpaired) electrons. The molecule has 2 N–H and O–H groups in total. The van der Waals surface area contributed by atoms with Gasteiger partial charge in [0, 0.05) is 11.6 Å². The first-order valence-electron chi connectivity index (χ1n) is 7.97. The molecule has 140 valence electrons. The largest absolute Gasteiger partial charge is 0.333 e. The average Bonchev–Trinajstić information content (AvgIpc) is 2.91. The Labute approximate surface area is 166 Å². The number of nitrogens with one attached hydrogen (secondary N) is 2. The van der Waals surface area contributed by atoms with E-state index in [0.717, 1.165) is 10.8 Å². The van der Waals surface area contributed by atoms with Crippen molar-refractivity contribution in [3.05, 3.63) is 48.0 Å². The van der Waals surface area contributed by atoms with Crippen molar-refractivity contribution in [2.24, 2.45) is 0 Å². The molecule has 26 heavy (non-hydrogen) atoms. The molecular weight excluding hydrogens is 419 g/mol. The Kier molecular flexibility index (Phi) is 5.70. The zero-order chi connectivity index (χ0) is 18.9. The Morgan fingerprint density at radius 1 is 1.12 bits per heavy atom. The molecule has 0 saturated carbocycles. The van der Waals surface area contributed by atoms with E-state index in [4.69, 9.17) is 34.8 Å². The molecule has 0 spiro atoms. The lowest BCUT2D eigenvalue weighted by molar-refractivity contribution is 0.0929. The summed E-state index contributed by atoms with van der Waals surface area (Å²) in [6.45, 7) is 0. The zero-order valence-electron chi connectivity index (χ0n) is 13.6. The van der Waals surface area contributed by atoms with Crippen molar-refractivity contribution in [1.82, 2.24) is 10.6 Å². The molecule has 0 aromatic heterocycles. The fourth-order valence-corrected chi connectivity index (χ4v) is 5.05. The number of amides is 1. The topological polar surface area (TPSA) is 75.3 Å². The summed E-state index contributed by atoms with van der Waals surface area (Å²) >= 11 is 18.0. The van der Waals surface area contributed by atoms with Crippen molar-refractivity contribution >= 4 is 61.3 Å². The Morgan fingerprint density at radius 2 is 1.81 bits per heavy atom. The monoisotopic (exact) mass is 434 g/mol. The minimum absolute atomic E-state index is 0.0472. The summed E-state index contributed by atoms with van der Waals surface area (Å²) in [5, 5.41) is 7.33. The maximum atomic E-state index is 12.8. The molecule has 0 bridgehead atoms. The fraction of sp³-hybridized carbons (Fsp3) is 0.353. The van der Waals surface area contributed by atoms with Crippen LogP contribution in [0.3, 0.4) is 0 Å². The molecule has 0 unspecified atom stereocenters. The second-order valence-corrected chi connectivity index (χ2v) is 10.8. The van der Waals surface area contributed by atoms with Crippen molar-refractivity contribution in [3.63, 3.8) is 0 Å². The van der Waals surface area contributed by atoms with Crippen molar-refractivity contribution in [2.45, 2.75) is 22.4 Å². The molecule has 1 fully saturated rings. The van der Waals surface area contributed by atoms with E-state index in [1.54, 1.807) is 12.1 Å². The number of rotatable bonds is 4. The van der Waals surface area contributed by atoms with Crippen LogP contribution in [0.15, 0.2) is 42.5 Å². The van der Waals surface area contributed by atoms with E-state index in [-0.39, 0.29) is 17.5 Å². The molecule has 1 heterocycles. The van der Waals surface area contributed by atoms with Gasteiger partial charge >= 0.3 is 0 Å². The van der Waals surface area contributed by atoms with Gasteiger partial charge in [0.1, 0.15) is 6.17 Å². The van der Waals surface area contributed by atoms with Crippen LogP contribution in [0.5, 0.6) is 0 Å². The lowest BCUT2D eigenvalue weighted by atomic mass is 10.0. The minimum atomic E-state index is -3.10. The molecule has 9 heteroatoms. The summed E-state index contributed by atoms with van der Waals surface area (Å²) in [6.07, 6.45) is -0.624. The van der Waals surface area contributed by atoms with Crippen LogP contribution in [-0.4, -0.2) is 41.8 Å². The first-order valence-corrected chi connectivity index (χ1v) is 10.9. The third-order valence-electron chi connectivity index (χ3n) is 4.27. The predicted octanol–water partition coefficient (Wildman–Crippen LogP) is 3.04. The van der Waals surface area contributed by atoms with Gasteiger partial charge in [0.15, 0.2) is 9.84 Å². The Balaban J connectivity index is 1.81.